The predicted octanol–water partition coefficient (Wildman–Crippen LogP) is 2.09. The summed E-state index contributed by atoms with van der Waals surface area (Å²) in [6, 6.07) is 0. The minimum Gasteiger partial charge on any atom is -0.481 e. The number of carbonyl (C=O) groups is 1. The Morgan fingerprint density at radius 2 is 1.80 bits per heavy atom. The molecule has 0 aliphatic carbocycles. The normalized spacial score (nSPS) is 9.10. The summed E-state index contributed by atoms with van der Waals surface area (Å²) in [6.45, 7) is 5.30. The maximum absolute atomic E-state index is 10.3. The van der Waals surface area contributed by atoms with Gasteiger partial charge < -0.3 is 11.3 Å². The van der Waals surface area contributed by atoms with Gasteiger partial charge in [-0.05, 0) is 20.3 Å². The van der Waals surface area contributed by atoms with E-state index >= 15 is 0 Å². The van der Waals surface area contributed by atoms with Gasteiger partial charge in [0, 0.05) is 0 Å². The van der Waals surface area contributed by atoms with Crippen molar-refractivity contribution in [1.82, 2.24) is 6.15 Å². The van der Waals surface area contributed by atoms with Crippen molar-refractivity contribution in [2.75, 3.05) is 0 Å². The van der Waals surface area contributed by atoms with Crippen LogP contribution in [0.3, 0.4) is 0 Å². The van der Waals surface area contributed by atoms with Crippen LogP contribution in [0.1, 0.15) is 27.2 Å². The van der Waals surface area contributed by atoms with Crippen LogP contribution in [0.5, 0.6) is 0 Å². The van der Waals surface area contributed by atoms with E-state index in [1.165, 1.54) is 0 Å². The lowest BCUT2D eigenvalue weighted by Crippen LogP contribution is -2.21. The number of aliphatic carboxylic acids is 1. The van der Waals surface area contributed by atoms with E-state index in [9.17, 15) is 4.79 Å². The third-order valence-electron chi connectivity index (χ3n) is 1.46. The molecule has 0 aromatic rings. The minimum absolute atomic E-state index is 0. The fourth-order valence-electron chi connectivity index (χ4n) is 0.151. The third-order valence-corrected chi connectivity index (χ3v) is 1.46. The van der Waals surface area contributed by atoms with E-state index in [1.54, 1.807) is 13.8 Å². The Balaban J connectivity index is -0.000000245. The Kier molecular flexibility index (Phi) is 9.00. The summed E-state index contributed by atoms with van der Waals surface area (Å²) in [6.07, 6.45) is 0.683. The molecule has 0 bridgehead atoms. The molecule has 3 nitrogen and oxygen atoms in total. The number of hydrogen-bond acceptors (Lipinski definition) is 2. The summed E-state index contributed by atoms with van der Waals surface area (Å²) >= 11 is 0. The third kappa shape index (κ3) is 4.58. The smallest absolute Gasteiger partial charge is 0.309 e. The highest BCUT2D eigenvalue weighted by molar-refractivity contribution is 5.85. The molecular formula is C6H16ClNO2. The summed E-state index contributed by atoms with van der Waals surface area (Å²) in [5, 5.41) is 8.44. The van der Waals surface area contributed by atoms with Crippen molar-refractivity contribution >= 4 is 18.4 Å². The van der Waals surface area contributed by atoms with E-state index in [-0.39, 0.29) is 18.6 Å². The van der Waals surface area contributed by atoms with Gasteiger partial charge in [0.15, 0.2) is 0 Å². The standard InChI is InChI=1S/C6H12O2.ClH.H3N/c1-4-6(2,3)5(7)8;;/h4H2,1-3H3,(H,7,8);1H;1H3. The first-order chi connectivity index (χ1) is 3.50. The van der Waals surface area contributed by atoms with E-state index in [0.29, 0.717) is 6.42 Å². The molecule has 0 amide bonds. The second-order valence-electron chi connectivity index (χ2n) is 2.54. The van der Waals surface area contributed by atoms with Gasteiger partial charge in [0.2, 0.25) is 0 Å². The molecule has 0 rings (SSSR count). The molecule has 4 heteroatoms. The van der Waals surface area contributed by atoms with Crippen molar-refractivity contribution in [2.24, 2.45) is 5.41 Å². The molecule has 0 aliphatic rings. The van der Waals surface area contributed by atoms with Crippen LogP contribution in [-0.4, -0.2) is 11.1 Å². The molecule has 4 N–H and O–H groups in total. The highest BCUT2D eigenvalue weighted by Gasteiger charge is 2.23. The first-order valence-electron chi connectivity index (χ1n) is 2.74. The first kappa shape index (κ1) is 16.4. The molecule has 0 saturated carbocycles. The fraction of sp³-hybridized carbons (Fsp3) is 0.833. The summed E-state index contributed by atoms with van der Waals surface area (Å²) < 4.78 is 0. The van der Waals surface area contributed by atoms with E-state index in [1.807, 2.05) is 6.92 Å². The highest BCUT2D eigenvalue weighted by atomic mass is 35.5. The average Bonchev–Trinajstić information content (AvgIpc) is 1.67. The van der Waals surface area contributed by atoms with E-state index in [2.05, 4.69) is 0 Å². The van der Waals surface area contributed by atoms with Gasteiger partial charge in [0.1, 0.15) is 0 Å². The van der Waals surface area contributed by atoms with Gasteiger partial charge >= 0.3 is 5.97 Å². The Bertz CT molecular complexity index is 104. The van der Waals surface area contributed by atoms with Crippen LogP contribution in [0, 0.1) is 5.41 Å². The van der Waals surface area contributed by atoms with Crippen LogP contribution < -0.4 is 6.15 Å². The van der Waals surface area contributed by atoms with Gasteiger partial charge in [-0.2, -0.15) is 0 Å². The maximum atomic E-state index is 10.3. The van der Waals surface area contributed by atoms with Gasteiger partial charge in [0.25, 0.3) is 0 Å². The zero-order valence-corrected chi connectivity index (χ0v) is 7.49. The number of halogens is 1. The molecule has 0 aliphatic heterocycles. The summed E-state index contributed by atoms with van der Waals surface area (Å²) in [4.78, 5) is 10.3. The molecule has 0 saturated heterocycles. The molecule has 0 radical (unpaired) electrons. The number of rotatable bonds is 2. The molecule has 10 heavy (non-hydrogen) atoms. The monoisotopic (exact) mass is 169 g/mol. The van der Waals surface area contributed by atoms with Crippen molar-refractivity contribution in [3.8, 4) is 0 Å². The van der Waals surface area contributed by atoms with Gasteiger partial charge in [0.05, 0.1) is 5.41 Å². The second-order valence-corrected chi connectivity index (χ2v) is 2.54. The van der Waals surface area contributed by atoms with Gasteiger partial charge in [-0.3, -0.25) is 4.79 Å². The van der Waals surface area contributed by atoms with Gasteiger partial charge in [-0.1, -0.05) is 6.92 Å². The lowest BCUT2D eigenvalue weighted by molar-refractivity contribution is -0.147. The minimum atomic E-state index is -0.722. The lowest BCUT2D eigenvalue weighted by Gasteiger charge is -2.14. The van der Waals surface area contributed by atoms with Crippen molar-refractivity contribution in [3.05, 3.63) is 0 Å². The summed E-state index contributed by atoms with van der Waals surface area (Å²) in [7, 11) is 0. The SMILES string of the molecule is CCC(C)(C)C(=O)O.Cl.N. The number of carboxylic acid groups (broad SMARTS) is 1. The van der Waals surface area contributed by atoms with Crippen molar-refractivity contribution in [3.63, 3.8) is 0 Å². The summed E-state index contributed by atoms with van der Waals surface area (Å²) in [5.74, 6) is -0.722. The fourth-order valence-corrected chi connectivity index (χ4v) is 0.151. The van der Waals surface area contributed by atoms with Crippen molar-refractivity contribution < 1.29 is 9.90 Å². The van der Waals surface area contributed by atoms with Crippen LogP contribution in [0.15, 0.2) is 0 Å². The largest absolute Gasteiger partial charge is 0.481 e. The molecule has 0 aromatic carbocycles. The first-order valence-corrected chi connectivity index (χ1v) is 2.74. The Labute approximate surface area is 67.8 Å². The van der Waals surface area contributed by atoms with E-state index < -0.39 is 11.4 Å². The highest BCUT2D eigenvalue weighted by Crippen LogP contribution is 2.18. The van der Waals surface area contributed by atoms with Gasteiger partial charge in [-0.25, -0.2) is 0 Å². The van der Waals surface area contributed by atoms with Crippen LogP contribution in [-0.2, 0) is 4.79 Å². The Hall–Kier alpha value is -0.280. The molecule has 0 aromatic heterocycles. The van der Waals surface area contributed by atoms with Crippen LogP contribution >= 0.6 is 12.4 Å². The molecule has 0 atom stereocenters. The number of carboxylic acids is 1. The zero-order chi connectivity index (χ0) is 6.78. The van der Waals surface area contributed by atoms with Gasteiger partial charge in [-0.15, -0.1) is 12.4 Å². The molecular weight excluding hydrogens is 154 g/mol. The lowest BCUT2D eigenvalue weighted by atomic mass is 9.91. The quantitative estimate of drug-likeness (QED) is 0.665. The molecule has 0 unspecified atom stereocenters. The Morgan fingerprint density at radius 3 is 1.80 bits per heavy atom. The van der Waals surface area contributed by atoms with E-state index in [4.69, 9.17) is 5.11 Å². The topological polar surface area (TPSA) is 72.3 Å². The maximum Gasteiger partial charge on any atom is 0.309 e. The molecule has 0 heterocycles. The molecule has 64 valence electrons. The zero-order valence-electron chi connectivity index (χ0n) is 6.68. The van der Waals surface area contributed by atoms with Crippen LogP contribution in [0.25, 0.3) is 0 Å². The molecule has 0 fully saturated rings. The second kappa shape index (κ2) is 5.50. The van der Waals surface area contributed by atoms with Crippen LogP contribution in [0.2, 0.25) is 0 Å². The van der Waals surface area contributed by atoms with Crippen LogP contribution in [0.4, 0.5) is 0 Å². The van der Waals surface area contributed by atoms with E-state index in [0.717, 1.165) is 0 Å². The van der Waals surface area contributed by atoms with Crippen molar-refractivity contribution in [1.29, 1.82) is 0 Å². The predicted molar refractivity (Wildman–Crippen MR) is 44.0 cm³/mol. The summed E-state index contributed by atoms with van der Waals surface area (Å²) in [5.41, 5.74) is -0.542. The average molecular weight is 170 g/mol. The van der Waals surface area contributed by atoms with Crippen molar-refractivity contribution in [2.45, 2.75) is 27.2 Å². The molecule has 0 spiro atoms. The Morgan fingerprint density at radius 1 is 1.50 bits per heavy atom. The number of hydrogen-bond donors (Lipinski definition) is 2.